The van der Waals surface area contributed by atoms with Gasteiger partial charge in [0.2, 0.25) is 11.8 Å². The van der Waals surface area contributed by atoms with Gasteiger partial charge in [-0.25, -0.2) is 4.99 Å². The summed E-state index contributed by atoms with van der Waals surface area (Å²) in [5, 5.41) is 3.85. The van der Waals surface area contributed by atoms with E-state index in [9.17, 15) is 14.4 Å². The Kier molecular flexibility index (Phi) is 8.72. The Hall–Kier alpha value is -4.40. The van der Waals surface area contributed by atoms with E-state index in [1.165, 1.54) is 4.57 Å². The number of ether oxygens (including phenoxy) is 1. The Morgan fingerprint density at radius 1 is 1.10 bits per heavy atom. The number of hydrogen-bond donors (Lipinski definition) is 2. The lowest BCUT2D eigenvalue weighted by molar-refractivity contribution is -0.127. The molecule has 0 aliphatic carbocycles. The number of nitrogens with two attached hydrogens (primary N) is 1. The standard InChI is InChI=1S/C31H37N5O4/c1-6-10-35(11-7-2)30(38)23-14-25-26(34-28(32)17-23)15-21(16-27(25)40-5)20-8-9-24-22(13-20)12-19(3)36(31(24)39)18-29(37)33-4/h8-9,12-16H,6-7,10-11,17-18H2,1-5H3,(H2,32,34)(H,33,37). The van der Waals surface area contributed by atoms with Crippen LogP contribution in [-0.2, 0) is 16.1 Å². The third-order valence-electron chi connectivity index (χ3n) is 7.07. The van der Waals surface area contributed by atoms with Crippen LogP contribution in [-0.4, -0.2) is 54.4 Å². The minimum atomic E-state index is -0.236. The van der Waals surface area contributed by atoms with Gasteiger partial charge in [-0.1, -0.05) is 19.9 Å². The van der Waals surface area contributed by atoms with E-state index < -0.39 is 0 Å². The second-order valence-electron chi connectivity index (χ2n) is 10.0. The van der Waals surface area contributed by atoms with Gasteiger partial charge in [-0.05, 0) is 72.7 Å². The number of aliphatic imine (C=N–C) groups is 1. The lowest BCUT2D eigenvalue weighted by Gasteiger charge is -2.22. The Bertz CT molecular complexity index is 1580. The Morgan fingerprint density at radius 3 is 2.48 bits per heavy atom. The summed E-state index contributed by atoms with van der Waals surface area (Å²) in [7, 11) is 3.14. The molecule has 2 amide bonds. The van der Waals surface area contributed by atoms with Crippen molar-refractivity contribution in [1.29, 1.82) is 0 Å². The molecule has 0 atom stereocenters. The van der Waals surface area contributed by atoms with Gasteiger partial charge >= 0.3 is 0 Å². The molecule has 0 bridgehead atoms. The normalized spacial score (nSPS) is 12.7. The van der Waals surface area contributed by atoms with Crippen LogP contribution in [0.15, 0.2) is 51.8 Å². The number of aryl methyl sites for hydroxylation is 1. The fourth-order valence-electron chi connectivity index (χ4n) is 5.08. The number of fused-ring (bicyclic) bond motifs is 2. The molecule has 9 heteroatoms. The van der Waals surface area contributed by atoms with Crippen molar-refractivity contribution in [2.24, 2.45) is 10.7 Å². The number of nitrogens with zero attached hydrogens (tertiary/aromatic N) is 3. The first-order valence-corrected chi connectivity index (χ1v) is 13.6. The number of likely N-dealkylation sites (N-methyl/N-ethyl adjacent to an activating group) is 1. The highest BCUT2D eigenvalue weighted by molar-refractivity contribution is 6.06. The highest BCUT2D eigenvalue weighted by Gasteiger charge is 2.23. The van der Waals surface area contributed by atoms with Crippen LogP contribution >= 0.6 is 0 Å². The van der Waals surface area contributed by atoms with Crippen molar-refractivity contribution in [1.82, 2.24) is 14.8 Å². The summed E-state index contributed by atoms with van der Waals surface area (Å²) in [5.74, 6) is 0.663. The van der Waals surface area contributed by atoms with Crippen molar-refractivity contribution in [3.63, 3.8) is 0 Å². The van der Waals surface area contributed by atoms with Gasteiger partial charge < -0.3 is 25.3 Å². The van der Waals surface area contributed by atoms with E-state index in [-0.39, 0.29) is 30.3 Å². The zero-order chi connectivity index (χ0) is 29.0. The van der Waals surface area contributed by atoms with Crippen molar-refractivity contribution < 1.29 is 14.3 Å². The van der Waals surface area contributed by atoms with Crippen LogP contribution in [0.2, 0.25) is 0 Å². The van der Waals surface area contributed by atoms with Gasteiger partial charge in [0, 0.05) is 48.8 Å². The largest absolute Gasteiger partial charge is 0.496 e. The van der Waals surface area contributed by atoms with E-state index in [4.69, 9.17) is 10.5 Å². The molecule has 0 radical (unpaired) electrons. The van der Waals surface area contributed by atoms with E-state index in [0.717, 1.165) is 29.4 Å². The number of hydrogen-bond acceptors (Lipinski definition) is 6. The Balaban J connectivity index is 1.79. The summed E-state index contributed by atoms with van der Waals surface area (Å²) in [4.78, 5) is 45.0. The minimum absolute atomic E-state index is 0.0344. The number of amides is 2. The SMILES string of the molecule is CCCN(CCC)C(=O)C1=Cc2c(cc(-c3ccc4c(=O)n(CC(=O)NC)c(C)cc4c3)cc2OC)N=C(N)C1. The third-order valence-corrected chi connectivity index (χ3v) is 7.07. The molecular weight excluding hydrogens is 506 g/mol. The number of rotatable bonds is 9. The summed E-state index contributed by atoms with van der Waals surface area (Å²) in [5.41, 5.74) is 10.4. The number of pyridine rings is 1. The monoisotopic (exact) mass is 543 g/mol. The first kappa shape index (κ1) is 28.6. The first-order chi connectivity index (χ1) is 19.2. The molecule has 2 aromatic carbocycles. The third kappa shape index (κ3) is 5.78. The number of methoxy groups -OCH3 is 1. The molecule has 3 N–H and O–H groups in total. The van der Waals surface area contributed by atoms with Crippen molar-refractivity contribution in [3.8, 4) is 16.9 Å². The summed E-state index contributed by atoms with van der Waals surface area (Å²) >= 11 is 0. The van der Waals surface area contributed by atoms with Crippen LogP contribution in [0.25, 0.3) is 28.0 Å². The Labute approximate surface area is 234 Å². The smallest absolute Gasteiger partial charge is 0.259 e. The zero-order valence-corrected chi connectivity index (χ0v) is 23.8. The molecule has 2 heterocycles. The molecule has 0 spiro atoms. The maximum Gasteiger partial charge on any atom is 0.259 e. The molecule has 1 aromatic heterocycles. The van der Waals surface area contributed by atoms with Crippen molar-refractivity contribution in [2.75, 3.05) is 27.2 Å². The zero-order valence-electron chi connectivity index (χ0n) is 23.8. The maximum absolute atomic E-state index is 13.4. The number of aromatic nitrogens is 1. The van der Waals surface area contributed by atoms with Gasteiger partial charge in [0.15, 0.2) is 0 Å². The number of carbonyl (C=O) groups excluding carboxylic acids is 2. The summed E-state index contributed by atoms with van der Waals surface area (Å²) < 4.78 is 7.24. The Morgan fingerprint density at radius 2 is 1.82 bits per heavy atom. The van der Waals surface area contributed by atoms with Crippen LogP contribution < -0.4 is 21.3 Å². The second kappa shape index (κ2) is 12.2. The van der Waals surface area contributed by atoms with Gasteiger partial charge in [-0.15, -0.1) is 0 Å². The summed E-state index contributed by atoms with van der Waals surface area (Å²) in [6.07, 6.45) is 3.85. The fourth-order valence-corrected chi connectivity index (χ4v) is 5.08. The predicted octanol–water partition coefficient (Wildman–Crippen LogP) is 4.16. The van der Waals surface area contributed by atoms with E-state index in [1.54, 1.807) is 20.2 Å². The quantitative estimate of drug-likeness (QED) is 0.420. The molecule has 1 aliphatic rings. The van der Waals surface area contributed by atoms with Gasteiger partial charge in [0.25, 0.3) is 5.56 Å². The summed E-state index contributed by atoms with van der Waals surface area (Å²) in [6.45, 7) is 7.26. The molecule has 3 aromatic rings. The van der Waals surface area contributed by atoms with Crippen LogP contribution in [0.4, 0.5) is 5.69 Å². The van der Waals surface area contributed by atoms with Gasteiger partial charge in [-0.3, -0.25) is 14.4 Å². The molecular formula is C31H37N5O4. The fraction of sp³-hybridized carbons (Fsp3) is 0.355. The lowest BCUT2D eigenvalue weighted by Crippen LogP contribution is -2.34. The van der Waals surface area contributed by atoms with Gasteiger partial charge in [0.05, 0.1) is 12.8 Å². The van der Waals surface area contributed by atoms with Crippen molar-refractivity contribution in [2.45, 2.75) is 46.6 Å². The average molecular weight is 544 g/mol. The number of nitrogens with one attached hydrogen (secondary N) is 1. The lowest BCUT2D eigenvalue weighted by atomic mass is 9.97. The van der Waals surface area contributed by atoms with E-state index >= 15 is 0 Å². The van der Waals surface area contributed by atoms with Crippen LogP contribution in [0.3, 0.4) is 0 Å². The van der Waals surface area contributed by atoms with Crippen molar-refractivity contribution >= 4 is 40.2 Å². The number of carbonyl (C=O) groups is 2. The van der Waals surface area contributed by atoms with Crippen molar-refractivity contribution in [3.05, 3.63) is 63.6 Å². The average Bonchev–Trinajstić information content (AvgIpc) is 3.11. The minimum Gasteiger partial charge on any atom is -0.496 e. The van der Waals surface area contributed by atoms with E-state index in [0.29, 0.717) is 52.6 Å². The molecule has 4 rings (SSSR count). The van der Waals surface area contributed by atoms with E-state index in [2.05, 4.69) is 24.2 Å². The molecule has 9 nitrogen and oxygen atoms in total. The van der Waals surface area contributed by atoms with E-state index in [1.807, 2.05) is 48.2 Å². The second-order valence-corrected chi connectivity index (χ2v) is 10.0. The van der Waals surface area contributed by atoms with Gasteiger partial charge in [-0.2, -0.15) is 0 Å². The molecule has 0 unspecified atom stereocenters. The molecule has 0 saturated heterocycles. The summed E-state index contributed by atoms with van der Waals surface area (Å²) in [6, 6.07) is 11.3. The highest BCUT2D eigenvalue weighted by atomic mass is 16.5. The number of benzene rings is 2. The molecule has 210 valence electrons. The molecule has 0 saturated carbocycles. The number of amidine groups is 1. The topological polar surface area (TPSA) is 119 Å². The van der Waals surface area contributed by atoms with Gasteiger partial charge in [0.1, 0.15) is 18.1 Å². The highest BCUT2D eigenvalue weighted by Crippen LogP contribution is 2.39. The molecule has 1 aliphatic heterocycles. The van der Waals surface area contributed by atoms with Crippen LogP contribution in [0, 0.1) is 6.92 Å². The molecule has 0 fully saturated rings. The van der Waals surface area contributed by atoms with Crippen LogP contribution in [0.5, 0.6) is 5.75 Å². The maximum atomic E-state index is 13.4. The van der Waals surface area contributed by atoms with Crippen LogP contribution in [0.1, 0.15) is 44.4 Å². The first-order valence-electron chi connectivity index (χ1n) is 13.6. The molecule has 40 heavy (non-hydrogen) atoms. The predicted molar refractivity (Wildman–Crippen MR) is 160 cm³/mol.